The standard InChI is InChI=1S/C17H11Cl2NO2/c18-13-8-4-9-14(17(13)19)22-16-11-5-10-15(20-16)21-12-6-2-1-3-7-12/h1-11H. The van der Waals surface area contributed by atoms with Gasteiger partial charge in [-0.05, 0) is 24.3 Å². The summed E-state index contributed by atoms with van der Waals surface area (Å²) in [6.07, 6.45) is 0. The van der Waals surface area contributed by atoms with Crippen LogP contribution in [0.2, 0.25) is 10.0 Å². The molecule has 1 aromatic heterocycles. The molecule has 0 saturated carbocycles. The molecule has 0 atom stereocenters. The molecule has 3 rings (SSSR count). The van der Waals surface area contributed by atoms with Crippen LogP contribution in [0.4, 0.5) is 0 Å². The molecular formula is C17H11Cl2NO2. The van der Waals surface area contributed by atoms with Crippen molar-refractivity contribution in [3.63, 3.8) is 0 Å². The number of hydrogen-bond acceptors (Lipinski definition) is 3. The van der Waals surface area contributed by atoms with Gasteiger partial charge in [-0.3, -0.25) is 0 Å². The van der Waals surface area contributed by atoms with E-state index in [1.165, 1.54) is 0 Å². The lowest BCUT2D eigenvalue weighted by Crippen LogP contribution is -1.92. The molecule has 3 aromatic rings. The van der Waals surface area contributed by atoms with E-state index in [2.05, 4.69) is 4.98 Å². The van der Waals surface area contributed by atoms with Crippen LogP contribution in [-0.4, -0.2) is 4.98 Å². The van der Waals surface area contributed by atoms with Crippen LogP contribution < -0.4 is 9.47 Å². The highest BCUT2D eigenvalue weighted by Crippen LogP contribution is 2.34. The highest BCUT2D eigenvalue weighted by molar-refractivity contribution is 6.42. The average Bonchev–Trinajstić information content (AvgIpc) is 2.53. The Hall–Kier alpha value is -2.23. The summed E-state index contributed by atoms with van der Waals surface area (Å²) < 4.78 is 11.3. The van der Waals surface area contributed by atoms with Crippen LogP contribution in [0.15, 0.2) is 66.7 Å². The molecule has 1 heterocycles. The van der Waals surface area contributed by atoms with Crippen LogP contribution in [0.5, 0.6) is 23.3 Å². The highest BCUT2D eigenvalue weighted by atomic mass is 35.5. The van der Waals surface area contributed by atoms with Crippen molar-refractivity contribution in [2.24, 2.45) is 0 Å². The van der Waals surface area contributed by atoms with Gasteiger partial charge in [0.1, 0.15) is 16.5 Å². The molecular weight excluding hydrogens is 321 g/mol. The van der Waals surface area contributed by atoms with Gasteiger partial charge in [0, 0.05) is 12.1 Å². The van der Waals surface area contributed by atoms with E-state index < -0.39 is 0 Å². The summed E-state index contributed by atoms with van der Waals surface area (Å²) in [6, 6.07) is 19.8. The van der Waals surface area contributed by atoms with Crippen molar-refractivity contribution >= 4 is 23.2 Å². The summed E-state index contributed by atoms with van der Waals surface area (Å²) in [7, 11) is 0. The summed E-state index contributed by atoms with van der Waals surface area (Å²) in [5.74, 6) is 1.95. The average molecular weight is 332 g/mol. The van der Waals surface area contributed by atoms with Gasteiger partial charge >= 0.3 is 0 Å². The van der Waals surface area contributed by atoms with E-state index in [0.717, 1.165) is 0 Å². The maximum absolute atomic E-state index is 6.10. The molecule has 22 heavy (non-hydrogen) atoms. The predicted octanol–water partition coefficient (Wildman–Crippen LogP) is 5.97. The van der Waals surface area contributed by atoms with Crippen molar-refractivity contribution in [3.8, 4) is 23.3 Å². The van der Waals surface area contributed by atoms with Gasteiger partial charge in [-0.1, -0.05) is 53.5 Å². The van der Waals surface area contributed by atoms with Gasteiger partial charge in [-0.15, -0.1) is 0 Å². The quantitative estimate of drug-likeness (QED) is 0.589. The molecule has 0 amide bonds. The predicted molar refractivity (Wildman–Crippen MR) is 87.3 cm³/mol. The fourth-order valence-electron chi connectivity index (χ4n) is 1.79. The third-order valence-electron chi connectivity index (χ3n) is 2.79. The number of benzene rings is 2. The van der Waals surface area contributed by atoms with Crippen LogP contribution in [0.25, 0.3) is 0 Å². The van der Waals surface area contributed by atoms with Gasteiger partial charge in [0.25, 0.3) is 0 Å². The molecule has 0 N–H and O–H groups in total. The van der Waals surface area contributed by atoms with Crippen LogP contribution in [-0.2, 0) is 0 Å². The smallest absolute Gasteiger partial charge is 0.222 e. The molecule has 0 unspecified atom stereocenters. The molecule has 2 aromatic carbocycles. The zero-order valence-corrected chi connectivity index (χ0v) is 12.9. The number of hydrogen-bond donors (Lipinski definition) is 0. The second-order valence-electron chi connectivity index (χ2n) is 4.38. The fraction of sp³-hybridized carbons (Fsp3) is 0. The van der Waals surface area contributed by atoms with Crippen molar-refractivity contribution in [2.75, 3.05) is 0 Å². The minimum absolute atomic E-state index is 0.348. The second kappa shape index (κ2) is 6.69. The minimum atomic E-state index is 0.348. The summed E-state index contributed by atoms with van der Waals surface area (Å²) in [5.41, 5.74) is 0. The third-order valence-corrected chi connectivity index (χ3v) is 3.60. The third kappa shape index (κ3) is 3.50. The van der Waals surface area contributed by atoms with Gasteiger partial charge in [0.05, 0.1) is 5.02 Å². The van der Waals surface area contributed by atoms with E-state index in [0.29, 0.717) is 33.3 Å². The Morgan fingerprint density at radius 3 is 2.14 bits per heavy atom. The van der Waals surface area contributed by atoms with E-state index in [-0.39, 0.29) is 0 Å². The van der Waals surface area contributed by atoms with Crippen LogP contribution in [0.1, 0.15) is 0 Å². The summed E-state index contributed by atoms with van der Waals surface area (Å²) in [5, 5.41) is 0.774. The monoisotopic (exact) mass is 331 g/mol. The number of ether oxygens (including phenoxy) is 2. The maximum atomic E-state index is 6.10. The molecule has 5 heteroatoms. The number of aromatic nitrogens is 1. The first-order valence-corrected chi connectivity index (χ1v) is 7.30. The number of pyridine rings is 1. The molecule has 110 valence electrons. The molecule has 3 nitrogen and oxygen atoms in total. The Bertz CT molecular complexity index is 779. The normalized spacial score (nSPS) is 10.3. The molecule has 0 aliphatic heterocycles. The lowest BCUT2D eigenvalue weighted by molar-refractivity contribution is 0.426. The second-order valence-corrected chi connectivity index (χ2v) is 5.17. The van der Waals surface area contributed by atoms with Gasteiger partial charge in [0.15, 0.2) is 0 Å². The molecule has 0 spiro atoms. The first kappa shape index (κ1) is 14.7. The van der Waals surface area contributed by atoms with E-state index >= 15 is 0 Å². The Labute approximate surface area is 138 Å². The molecule has 0 aliphatic carbocycles. The molecule has 0 bridgehead atoms. The van der Waals surface area contributed by atoms with E-state index in [9.17, 15) is 0 Å². The number of para-hydroxylation sites is 1. The highest BCUT2D eigenvalue weighted by Gasteiger charge is 2.08. The number of halogens is 2. The molecule has 0 radical (unpaired) electrons. The maximum Gasteiger partial charge on any atom is 0.222 e. The van der Waals surface area contributed by atoms with E-state index in [4.69, 9.17) is 32.7 Å². The van der Waals surface area contributed by atoms with Gasteiger partial charge in [-0.25, -0.2) is 0 Å². The Kier molecular flexibility index (Phi) is 4.47. The van der Waals surface area contributed by atoms with E-state index in [1.54, 1.807) is 36.4 Å². The Morgan fingerprint density at radius 2 is 1.36 bits per heavy atom. The molecule has 0 fully saturated rings. The summed E-state index contributed by atoms with van der Waals surface area (Å²) in [4.78, 5) is 4.29. The van der Waals surface area contributed by atoms with Gasteiger partial charge in [0.2, 0.25) is 11.8 Å². The summed E-state index contributed by atoms with van der Waals surface area (Å²) in [6.45, 7) is 0. The lowest BCUT2D eigenvalue weighted by Gasteiger charge is -2.09. The van der Waals surface area contributed by atoms with Crippen molar-refractivity contribution < 1.29 is 9.47 Å². The van der Waals surface area contributed by atoms with Crippen molar-refractivity contribution in [2.45, 2.75) is 0 Å². The van der Waals surface area contributed by atoms with Crippen molar-refractivity contribution in [3.05, 3.63) is 76.8 Å². The minimum Gasteiger partial charge on any atom is -0.439 e. The first-order chi connectivity index (χ1) is 10.7. The van der Waals surface area contributed by atoms with Crippen molar-refractivity contribution in [1.82, 2.24) is 4.98 Å². The first-order valence-electron chi connectivity index (χ1n) is 6.54. The van der Waals surface area contributed by atoms with Gasteiger partial charge in [-0.2, -0.15) is 4.98 Å². The lowest BCUT2D eigenvalue weighted by atomic mass is 10.3. The topological polar surface area (TPSA) is 31.4 Å². The van der Waals surface area contributed by atoms with Crippen LogP contribution >= 0.6 is 23.2 Å². The van der Waals surface area contributed by atoms with Crippen LogP contribution in [0, 0.1) is 0 Å². The SMILES string of the molecule is Clc1cccc(Oc2cccc(Oc3ccccc3)n2)c1Cl. The van der Waals surface area contributed by atoms with E-state index in [1.807, 2.05) is 30.3 Å². The van der Waals surface area contributed by atoms with Crippen LogP contribution in [0.3, 0.4) is 0 Å². The Balaban J connectivity index is 1.81. The molecule has 0 saturated heterocycles. The van der Waals surface area contributed by atoms with Gasteiger partial charge < -0.3 is 9.47 Å². The summed E-state index contributed by atoms with van der Waals surface area (Å²) >= 11 is 12.1. The van der Waals surface area contributed by atoms with Crippen molar-refractivity contribution in [1.29, 1.82) is 0 Å². The zero-order chi connectivity index (χ0) is 15.4. The zero-order valence-electron chi connectivity index (χ0n) is 11.4. The fourth-order valence-corrected chi connectivity index (χ4v) is 2.12. The molecule has 0 aliphatic rings. The largest absolute Gasteiger partial charge is 0.439 e. The number of nitrogens with zero attached hydrogens (tertiary/aromatic N) is 1. The Morgan fingerprint density at radius 1 is 0.682 bits per heavy atom. The number of rotatable bonds is 4.